The molecule has 1 fully saturated rings. The van der Waals surface area contributed by atoms with Crippen molar-refractivity contribution in [2.45, 2.75) is 44.4 Å². The van der Waals surface area contributed by atoms with E-state index in [0.717, 1.165) is 5.56 Å². The van der Waals surface area contributed by atoms with E-state index in [1.54, 1.807) is 29.2 Å². The van der Waals surface area contributed by atoms with Crippen molar-refractivity contribution in [3.8, 4) is 0 Å². The number of halogens is 1. The van der Waals surface area contributed by atoms with E-state index in [4.69, 9.17) is 11.6 Å². The molecule has 0 unspecified atom stereocenters. The van der Waals surface area contributed by atoms with Crippen molar-refractivity contribution in [2.75, 3.05) is 6.54 Å². The first-order chi connectivity index (χ1) is 13.5. The second-order valence-electron chi connectivity index (χ2n) is 7.24. The molecule has 1 aliphatic rings. The lowest BCUT2D eigenvalue weighted by molar-refractivity contribution is -0.136. The summed E-state index contributed by atoms with van der Waals surface area (Å²) in [6, 6.07) is 15.8. The van der Waals surface area contributed by atoms with Gasteiger partial charge in [0.1, 0.15) is 0 Å². The van der Waals surface area contributed by atoms with Gasteiger partial charge in [0.25, 0.3) is 5.91 Å². The van der Waals surface area contributed by atoms with Crippen LogP contribution in [-0.2, 0) is 4.79 Å². The van der Waals surface area contributed by atoms with Crippen molar-refractivity contribution < 1.29 is 14.7 Å². The average Bonchev–Trinajstić information content (AvgIpc) is 2.68. The maximum absolute atomic E-state index is 13.0. The zero-order chi connectivity index (χ0) is 20.1. The summed E-state index contributed by atoms with van der Waals surface area (Å²) < 4.78 is 0. The predicted molar refractivity (Wildman–Crippen MR) is 109 cm³/mol. The molecule has 2 N–H and O–H groups in total. The smallest absolute Gasteiger partial charge is 0.253 e. The number of nitrogens with one attached hydrogen (secondary N) is 1. The van der Waals surface area contributed by atoms with Gasteiger partial charge < -0.3 is 15.3 Å². The van der Waals surface area contributed by atoms with Crippen molar-refractivity contribution in [3.05, 3.63) is 70.7 Å². The molecule has 28 heavy (non-hydrogen) atoms. The zero-order valence-electron chi connectivity index (χ0n) is 15.8. The van der Waals surface area contributed by atoms with E-state index in [1.807, 2.05) is 37.3 Å². The normalized spacial score (nSPS) is 20.5. The molecule has 0 aromatic heterocycles. The first-order valence-corrected chi connectivity index (χ1v) is 9.91. The minimum Gasteiger partial charge on any atom is -0.393 e. The Morgan fingerprint density at radius 1 is 1.18 bits per heavy atom. The molecule has 0 aliphatic carbocycles. The van der Waals surface area contributed by atoms with Gasteiger partial charge in [0.2, 0.25) is 5.91 Å². The molecule has 6 heteroatoms. The first-order valence-electron chi connectivity index (χ1n) is 9.53. The molecule has 2 amide bonds. The highest BCUT2D eigenvalue weighted by molar-refractivity contribution is 6.33. The van der Waals surface area contributed by atoms with Crippen LogP contribution >= 0.6 is 11.6 Å². The lowest BCUT2D eigenvalue weighted by atomic mass is 9.98. The van der Waals surface area contributed by atoms with Crippen LogP contribution in [0.15, 0.2) is 54.6 Å². The van der Waals surface area contributed by atoms with Gasteiger partial charge in [-0.25, -0.2) is 0 Å². The molecule has 0 spiro atoms. The Balaban J connectivity index is 1.77. The van der Waals surface area contributed by atoms with Crippen LogP contribution in [0, 0.1) is 0 Å². The monoisotopic (exact) mass is 400 g/mol. The predicted octanol–water partition coefficient (Wildman–Crippen LogP) is 3.57. The van der Waals surface area contributed by atoms with E-state index in [9.17, 15) is 14.7 Å². The number of likely N-dealkylation sites (tertiary alicyclic amines) is 1. The van der Waals surface area contributed by atoms with Crippen LogP contribution in [0.2, 0.25) is 5.02 Å². The van der Waals surface area contributed by atoms with Crippen LogP contribution in [0.25, 0.3) is 0 Å². The second kappa shape index (κ2) is 9.22. The third kappa shape index (κ3) is 4.91. The minimum atomic E-state index is -0.462. The molecule has 0 saturated carbocycles. The van der Waals surface area contributed by atoms with E-state index in [-0.39, 0.29) is 30.4 Å². The van der Waals surface area contributed by atoms with Gasteiger partial charge in [-0.05, 0) is 37.5 Å². The molecule has 1 aliphatic heterocycles. The summed E-state index contributed by atoms with van der Waals surface area (Å²) in [4.78, 5) is 27.5. The van der Waals surface area contributed by atoms with Crippen LogP contribution in [0.1, 0.15) is 48.1 Å². The van der Waals surface area contributed by atoms with Crippen LogP contribution in [0.3, 0.4) is 0 Å². The highest BCUT2D eigenvalue weighted by atomic mass is 35.5. The highest BCUT2D eigenvalue weighted by Gasteiger charge is 2.30. The number of rotatable bonds is 5. The molecule has 0 bridgehead atoms. The molecule has 3 atom stereocenters. The van der Waals surface area contributed by atoms with Gasteiger partial charge in [-0.1, -0.05) is 54.1 Å². The highest BCUT2D eigenvalue weighted by Crippen LogP contribution is 2.24. The Hall–Kier alpha value is -2.37. The molecule has 1 heterocycles. The van der Waals surface area contributed by atoms with Crippen LogP contribution in [0.4, 0.5) is 0 Å². The number of benzene rings is 2. The van der Waals surface area contributed by atoms with E-state index < -0.39 is 6.04 Å². The summed E-state index contributed by atoms with van der Waals surface area (Å²) in [6.45, 7) is 2.47. The topological polar surface area (TPSA) is 69.6 Å². The minimum absolute atomic E-state index is 0.0213. The number of hydrogen-bond acceptors (Lipinski definition) is 3. The van der Waals surface area contributed by atoms with E-state index in [2.05, 4.69) is 5.32 Å². The van der Waals surface area contributed by atoms with E-state index in [0.29, 0.717) is 30.0 Å². The Morgan fingerprint density at radius 2 is 1.86 bits per heavy atom. The van der Waals surface area contributed by atoms with Crippen molar-refractivity contribution in [1.82, 2.24) is 10.2 Å². The summed E-state index contributed by atoms with van der Waals surface area (Å²) in [5.41, 5.74) is 1.24. The number of hydrogen-bond donors (Lipinski definition) is 2. The molecule has 1 saturated heterocycles. The summed E-state index contributed by atoms with van der Waals surface area (Å²) in [6.07, 6.45) is 0.954. The van der Waals surface area contributed by atoms with Gasteiger partial charge in [-0.15, -0.1) is 0 Å². The number of carbonyl (C=O) groups is 2. The maximum Gasteiger partial charge on any atom is 0.253 e. The fourth-order valence-electron chi connectivity index (χ4n) is 3.63. The van der Waals surface area contributed by atoms with Gasteiger partial charge >= 0.3 is 0 Å². The maximum atomic E-state index is 13.0. The van der Waals surface area contributed by atoms with Gasteiger partial charge in [-0.2, -0.15) is 0 Å². The Bertz CT molecular complexity index is 828. The molecule has 0 radical (unpaired) electrons. The molecule has 5 nitrogen and oxygen atoms in total. The van der Waals surface area contributed by atoms with E-state index in [1.165, 1.54) is 0 Å². The fourth-order valence-corrected chi connectivity index (χ4v) is 3.85. The number of amides is 2. The lowest BCUT2D eigenvalue weighted by Gasteiger charge is -2.36. The molecule has 2 aromatic carbocycles. The number of aliphatic hydroxyl groups is 1. The third-order valence-corrected chi connectivity index (χ3v) is 5.50. The number of aliphatic hydroxyl groups excluding tert-OH is 1. The quantitative estimate of drug-likeness (QED) is 0.806. The standard InChI is InChI=1S/C22H25ClN2O3/c1-15-13-17(26)11-12-25(15)21(27)14-20(16-7-3-2-4-8-16)24-22(28)18-9-5-6-10-19(18)23/h2-10,15,17,20,26H,11-14H2,1H3,(H,24,28)/t15-,17-,20-/m1/s1. The summed E-state index contributed by atoms with van der Waals surface area (Å²) in [5.74, 6) is -0.345. The molecule has 3 rings (SSSR count). The Morgan fingerprint density at radius 3 is 2.54 bits per heavy atom. The Kier molecular flexibility index (Phi) is 6.70. The van der Waals surface area contributed by atoms with Gasteiger partial charge in [-0.3, -0.25) is 9.59 Å². The largest absolute Gasteiger partial charge is 0.393 e. The summed E-state index contributed by atoms with van der Waals surface area (Å²) in [7, 11) is 0. The van der Waals surface area contributed by atoms with Gasteiger partial charge in [0, 0.05) is 12.6 Å². The Labute approximate surface area is 170 Å². The fraction of sp³-hybridized carbons (Fsp3) is 0.364. The van der Waals surface area contributed by atoms with E-state index >= 15 is 0 Å². The molecular weight excluding hydrogens is 376 g/mol. The van der Waals surface area contributed by atoms with Crippen molar-refractivity contribution in [1.29, 1.82) is 0 Å². The summed E-state index contributed by atoms with van der Waals surface area (Å²) in [5, 5.41) is 13.1. The number of nitrogens with zero attached hydrogens (tertiary/aromatic N) is 1. The average molecular weight is 401 g/mol. The van der Waals surface area contributed by atoms with Crippen LogP contribution in [0.5, 0.6) is 0 Å². The SMILES string of the molecule is C[C@@H]1C[C@H](O)CCN1C(=O)C[C@@H](NC(=O)c1ccccc1Cl)c1ccccc1. The second-order valence-corrected chi connectivity index (χ2v) is 7.64. The zero-order valence-corrected chi connectivity index (χ0v) is 16.6. The first kappa shape index (κ1) is 20.4. The van der Waals surface area contributed by atoms with Gasteiger partial charge in [0.05, 0.1) is 29.2 Å². The van der Waals surface area contributed by atoms with Crippen molar-refractivity contribution in [2.24, 2.45) is 0 Å². The molecule has 148 valence electrons. The van der Waals surface area contributed by atoms with Gasteiger partial charge in [0.15, 0.2) is 0 Å². The number of carbonyl (C=O) groups excluding carboxylic acids is 2. The summed E-state index contributed by atoms with van der Waals surface area (Å²) >= 11 is 6.15. The van der Waals surface area contributed by atoms with Crippen LogP contribution in [-0.4, -0.2) is 40.5 Å². The van der Waals surface area contributed by atoms with Crippen molar-refractivity contribution >= 4 is 23.4 Å². The van der Waals surface area contributed by atoms with Crippen molar-refractivity contribution in [3.63, 3.8) is 0 Å². The molecular formula is C22H25ClN2O3. The third-order valence-electron chi connectivity index (χ3n) is 5.17. The molecule has 2 aromatic rings. The number of piperidine rings is 1. The lowest BCUT2D eigenvalue weighted by Crippen LogP contribution is -2.47. The van der Waals surface area contributed by atoms with Crippen LogP contribution < -0.4 is 5.32 Å².